The summed E-state index contributed by atoms with van der Waals surface area (Å²) in [7, 11) is 0. The van der Waals surface area contributed by atoms with Gasteiger partial charge < -0.3 is 14.9 Å². The van der Waals surface area contributed by atoms with Crippen LogP contribution in [-0.2, 0) is 10.2 Å². The number of aliphatic carboxylic acids is 1. The van der Waals surface area contributed by atoms with Crippen molar-refractivity contribution in [3.8, 4) is 11.5 Å². The zero-order chi connectivity index (χ0) is 20.4. The molecule has 7 nitrogen and oxygen atoms in total. The Balaban J connectivity index is 1.81. The van der Waals surface area contributed by atoms with Crippen LogP contribution in [0.2, 0.25) is 0 Å². The summed E-state index contributed by atoms with van der Waals surface area (Å²) in [6.45, 7) is 6.06. The number of hydrogen-bond acceptors (Lipinski definition) is 5. The third-order valence-corrected chi connectivity index (χ3v) is 5.35. The van der Waals surface area contributed by atoms with Gasteiger partial charge in [0, 0.05) is 12.0 Å². The molecule has 0 radical (unpaired) electrons. The van der Waals surface area contributed by atoms with Crippen molar-refractivity contribution in [3.05, 3.63) is 35.7 Å². The minimum absolute atomic E-state index is 0.118. The molecular formula is C21H27N3O4. The first-order valence-corrected chi connectivity index (χ1v) is 9.68. The molecule has 0 saturated heterocycles. The number of aromatic nitrogens is 2. The summed E-state index contributed by atoms with van der Waals surface area (Å²) in [4.78, 5) is 29.1. The lowest BCUT2D eigenvalue weighted by Crippen LogP contribution is -2.44. The van der Waals surface area contributed by atoms with Crippen LogP contribution in [0, 0.1) is 5.41 Å². The van der Waals surface area contributed by atoms with E-state index >= 15 is 0 Å². The Hall–Kier alpha value is -2.70. The second-order valence-electron chi connectivity index (χ2n) is 8.55. The third-order valence-electron chi connectivity index (χ3n) is 5.35. The number of carboxylic acid groups (broad SMARTS) is 1. The van der Waals surface area contributed by atoms with Crippen molar-refractivity contribution in [2.45, 2.75) is 58.3 Å². The Bertz CT molecular complexity index is 861. The van der Waals surface area contributed by atoms with Crippen LogP contribution in [-0.4, -0.2) is 33.7 Å². The molecule has 2 aromatic rings. The van der Waals surface area contributed by atoms with Gasteiger partial charge in [-0.2, -0.15) is 4.98 Å². The van der Waals surface area contributed by atoms with Crippen molar-refractivity contribution in [1.29, 1.82) is 0 Å². The molecule has 1 amide bonds. The van der Waals surface area contributed by atoms with Crippen LogP contribution in [0.1, 0.15) is 69.1 Å². The summed E-state index contributed by atoms with van der Waals surface area (Å²) >= 11 is 0. The van der Waals surface area contributed by atoms with Gasteiger partial charge in [-0.25, -0.2) is 0 Å². The number of carbonyl (C=O) groups excluding carboxylic acids is 1. The van der Waals surface area contributed by atoms with Crippen molar-refractivity contribution in [3.63, 3.8) is 0 Å². The molecule has 0 spiro atoms. The van der Waals surface area contributed by atoms with Crippen LogP contribution in [0.15, 0.2) is 28.8 Å². The van der Waals surface area contributed by atoms with E-state index in [2.05, 4.69) is 15.5 Å². The van der Waals surface area contributed by atoms with E-state index in [9.17, 15) is 14.7 Å². The first-order chi connectivity index (χ1) is 13.2. The zero-order valence-electron chi connectivity index (χ0n) is 16.6. The molecule has 0 bridgehead atoms. The Labute approximate surface area is 164 Å². The number of carbonyl (C=O) groups is 2. The smallest absolute Gasteiger partial charge is 0.311 e. The topological polar surface area (TPSA) is 105 Å². The quantitative estimate of drug-likeness (QED) is 0.811. The highest BCUT2D eigenvalue weighted by Crippen LogP contribution is 2.36. The standard InChI is InChI=1S/C21H27N3O4/c1-20(2,3)18-23-17(28-24-18)15-10-6-5-9-14(15)16(25)22-13-21(19(26)27)11-7-4-8-12-21/h5-6,9-10H,4,7-8,11-13H2,1-3H3,(H,22,25)(H,26,27). The van der Waals surface area contributed by atoms with Gasteiger partial charge in [-0.05, 0) is 25.0 Å². The fraction of sp³-hybridized carbons (Fsp3) is 0.524. The van der Waals surface area contributed by atoms with Gasteiger partial charge in [0.05, 0.1) is 16.5 Å². The molecule has 0 atom stereocenters. The predicted molar refractivity (Wildman–Crippen MR) is 104 cm³/mol. The molecule has 1 heterocycles. The molecule has 28 heavy (non-hydrogen) atoms. The molecule has 1 saturated carbocycles. The summed E-state index contributed by atoms with van der Waals surface area (Å²) in [6, 6.07) is 6.99. The average Bonchev–Trinajstić information content (AvgIpc) is 3.17. The molecule has 1 fully saturated rings. The second kappa shape index (κ2) is 7.73. The molecule has 0 unspecified atom stereocenters. The van der Waals surface area contributed by atoms with Gasteiger partial charge in [-0.3, -0.25) is 9.59 Å². The Morgan fingerprint density at radius 2 is 1.86 bits per heavy atom. The fourth-order valence-electron chi connectivity index (χ4n) is 3.54. The Morgan fingerprint density at radius 1 is 1.18 bits per heavy atom. The number of benzene rings is 1. The number of nitrogens with one attached hydrogen (secondary N) is 1. The Morgan fingerprint density at radius 3 is 2.46 bits per heavy atom. The lowest BCUT2D eigenvalue weighted by atomic mass is 9.74. The maximum Gasteiger partial charge on any atom is 0.311 e. The molecule has 150 valence electrons. The van der Waals surface area contributed by atoms with E-state index in [0.717, 1.165) is 19.3 Å². The van der Waals surface area contributed by atoms with E-state index in [1.165, 1.54) is 0 Å². The maximum absolute atomic E-state index is 12.9. The van der Waals surface area contributed by atoms with Gasteiger partial charge in [-0.1, -0.05) is 57.3 Å². The number of rotatable bonds is 5. The number of nitrogens with zero attached hydrogens (tertiary/aromatic N) is 2. The monoisotopic (exact) mass is 385 g/mol. The largest absolute Gasteiger partial charge is 0.481 e. The molecular weight excluding hydrogens is 358 g/mol. The van der Waals surface area contributed by atoms with E-state index in [0.29, 0.717) is 29.8 Å². The van der Waals surface area contributed by atoms with Gasteiger partial charge in [0.1, 0.15) is 0 Å². The minimum Gasteiger partial charge on any atom is -0.481 e. The molecule has 1 aromatic carbocycles. The lowest BCUT2D eigenvalue weighted by molar-refractivity contribution is -0.150. The van der Waals surface area contributed by atoms with Crippen molar-refractivity contribution < 1.29 is 19.2 Å². The second-order valence-corrected chi connectivity index (χ2v) is 8.55. The van der Waals surface area contributed by atoms with E-state index in [1.807, 2.05) is 20.8 Å². The average molecular weight is 385 g/mol. The zero-order valence-corrected chi connectivity index (χ0v) is 16.6. The maximum atomic E-state index is 12.9. The molecule has 1 aliphatic rings. The van der Waals surface area contributed by atoms with Crippen molar-refractivity contribution in [1.82, 2.24) is 15.5 Å². The first-order valence-electron chi connectivity index (χ1n) is 9.68. The predicted octanol–water partition coefficient (Wildman–Crippen LogP) is 3.80. The number of hydrogen-bond donors (Lipinski definition) is 2. The van der Waals surface area contributed by atoms with Crippen molar-refractivity contribution in [2.24, 2.45) is 5.41 Å². The third kappa shape index (κ3) is 4.08. The summed E-state index contributed by atoms with van der Waals surface area (Å²) < 4.78 is 5.39. The molecule has 3 rings (SSSR count). The summed E-state index contributed by atoms with van der Waals surface area (Å²) in [6.07, 6.45) is 3.96. The lowest BCUT2D eigenvalue weighted by Gasteiger charge is -2.33. The summed E-state index contributed by atoms with van der Waals surface area (Å²) in [5, 5.41) is 16.6. The van der Waals surface area contributed by atoms with E-state index in [1.54, 1.807) is 24.3 Å². The van der Waals surface area contributed by atoms with Gasteiger partial charge in [0.15, 0.2) is 5.82 Å². The fourth-order valence-corrected chi connectivity index (χ4v) is 3.54. The highest BCUT2D eigenvalue weighted by atomic mass is 16.5. The SMILES string of the molecule is CC(C)(C)c1noc(-c2ccccc2C(=O)NCC2(C(=O)O)CCCCC2)n1. The van der Waals surface area contributed by atoms with Crippen LogP contribution in [0.5, 0.6) is 0 Å². The van der Waals surface area contributed by atoms with Crippen LogP contribution in [0.3, 0.4) is 0 Å². The highest BCUT2D eigenvalue weighted by molar-refractivity contribution is 6.00. The molecule has 1 aromatic heterocycles. The van der Waals surface area contributed by atoms with Crippen LogP contribution >= 0.6 is 0 Å². The first kappa shape index (κ1) is 20.0. The normalized spacial score (nSPS) is 16.5. The highest BCUT2D eigenvalue weighted by Gasteiger charge is 2.40. The minimum atomic E-state index is -0.882. The Kier molecular flexibility index (Phi) is 5.54. The number of amides is 1. The van der Waals surface area contributed by atoms with E-state index in [-0.39, 0.29) is 23.8 Å². The van der Waals surface area contributed by atoms with Gasteiger partial charge in [-0.15, -0.1) is 0 Å². The van der Waals surface area contributed by atoms with Gasteiger partial charge >= 0.3 is 5.97 Å². The van der Waals surface area contributed by atoms with E-state index < -0.39 is 11.4 Å². The van der Waals surface area contributed by atoms with Crippen LogP contribution < -0.4 is 5.32 Å². The number of carboxylic acids is 1. The van der Waals surface area contributed by atoms with Crippen LogP contribution in [0.25, 0.3) is 11.5 Å². The van der Waals surface area contributed by atoms with Gasteiger partial charge in [0.25, 0.3) is 11.8 Å². The van der Waals surface area contributed by atoms with Gasteiger partial charge in [0.2, 0.25) is 0 Å². The molecule has 7 heteroatoms. The van der Waals surface area contributed by atoms with E-state index in [4.69, 9.17) is 4.52 Å². The van der Waals surface area contributed by atoms with Crippen molar-refractivity contribution in [2.75, 3.05) is 6.54 Å². The molecule has 1 aliphatic carbocycles. The van der Waals surface area contributed by atoms with Crippen molar-refractivity contribution >= 4 is 11.9 Å². The summed E-state index contributed by atoms with van der Waals surface area (Å²) in [5.74, 6) is -0.337. The molecule has 2 N–H and O–H groups in total. The van der Waals surface area contributed by atoms with Crippen LogP contribution in [0.4, 0.5) is 0 Å². The summed E-state index contributed by atoms with van der Waals surface area (Å²) in [5.41, 5.74) is -0.223. The molecule has 0 aliphatic heterocycles.